The van der Waals surface area contributed by atoms with E-state index >= 15 is 0 Å². The van der Waals surface area contributed by atoms with Crippen molar-refractivity contribution in [3.8, 4) is 11.5 Å². The van der Waals surface area contributed by atoms with Gasteiger partial charge in [0.1, 0.15) is 16.4 Å². The van der Waals surface area contributed by atoms with Crippen LogP contribution >= 0.6 is 11.3 Å². The molecule has 2 aliphatic heterocycles. The van der Waals surface area contributed by atoms with Crippen molar-refractivity contribution in [2.75, 3.05) is 26.2 Å². The average molecular weight is 816 g/mol. The Labute approximate surface area is 325 Å². The summed E-state index contributed by atoms with van der Waals surface area (Å²) in [5.74, 6) is -1.55. The van der Waals surface area contributed by atoms with E-state index in [2.05, 4.69) is 4.98 Å². The molecule has 308 valence electrons. The van der Waals surface area contributed by atoms with E-state index in [1.54, 1.807) is 45.0 Å². The van der Waals surface area contributed by atoms with Crippen molar-refractivity contribution in [2.24, 2.45) is 5.41 Å². The number of aliphatic hydroxyl groups excluding tert-OH is 1. The standard InChI is InChI=1S/C39H47F6N3O7S/c1-4-9-30-37(55-25-22-31(56-24-25)39(43,44)45,14-7-18-48(30)32(49)26-23-46-17-12-27(26)38(40,41)42)33(50)47-19-15-36(53,16-20-47)28-10-5-6-11-29(28)54-21-8-13-35(2,3)34(51)52/h5-6,10-12,17,22-24,30,34,51-53H,4,7-9,13-16,18-21H2,1-3H3/t30-,37+/m1/s1. The number of carbonyl (C=O) groups excluding carboxylic acids is 2. The maximum Gasteiger partial charge on any atom is 0.425 e. The summed E-state index contributed by atoms with van der Waals surface area (Å²) in [6.07, 6.45) is -7.90. The molecule has 0 bridgehead atoms. The van der Waals surface area contributed by atoms with Crippen molar-refractivity contribution in [3.05, 3.63) is 75.7 Å². The summed E-state index contributed by atoms with van der Waals surface area (Å²) in [7, 11) is 0. The highest BCUT2D eigenvalue weighted by atomic mass is 32.1. The molecule has 5 rings (SSSR count). The van der Waals surface area contributed by atoms with Crippen molar-refractivity contribution in [1.82, 2.24) is 14.8 Å². The fourth-order valence-corrected chi connectivity index (χ4v) is 8.21. The highest BCUT2D eigenvalue weighted by Crippen LogP contribution is 2.44. The number of para-hydroxylation sites is 1. The Hall–Kier alpha value is -3.93. The van der Waals surface area contributed by atoms with Crippen LogP contribution in [0.15, 0.2) is 54.2 Å². The van der Waals surface area contributed by atoms with Crippen LogP contribution in [-0.2, 0) is 22.7 Å². The van der Waals surface area contributed by atoms with E-state index in [9.17, 15) is 51.3 Å². The summed E-state index contributed by atoms with van der Waals surface area (Å²) in [5, 5.41) is 32.3. The van der Waals surface area contributed by atoms with E-state index in [0.29, 0.717) is 48.0 Å². The highest BCUT2D eigenvalue weighted by Gasteiger charge is 2.56. The second kappa shape index (κ2) is 16.9. The number of ether oxygens (including phenoxy) is 2. The number of likely N-dealkylation sites (tertiary alicyclic amines) is 2. The van der Waals surface area contributed by atoms with E-state index in [1.807, 2.05) is 0 Å². The molecule has 2 aromatic heterocycles. The smallest absolute Gasteiger partial charge is 0.425 e. The quantitative estimate of drug-likeness (QED) is 0.0924. The summed E-state index contributed by atoms with van der Waals surface area (Å²) >= 11 is 0.366. The zero-order valence-electron chi connectivity index (χ0n) is 31.3. The van der Waals surface area contributed by atoms with Gasteiger partial charge in [0.25, 0.3) is 11.8 Å². The molecule has 0 unspecified atom stereocenters. The molecule has 1 aromatic carbocycles. The monoisotopic (exact) mass is 815 g/mol. The molecule has 2 saturated heterocycles. The third-order valence-corrected chi connectivity index (χ3v) is 11.7. The predicted octanol–water partition coefficient (Wildman–Crippen LogP) is 7.41. The number of benzene rings is 1. The Morgan fingerprint density at radius 2 is 1.71 bits per heavy atom. The number of carbonyl (C=O) groups is 2. The molecule has 17 heteroatoms. The van der Waals surface area contributed by atoms with E-state index in [4.69, 9.17) is 9.47 Å². The lowest BCUT2D eigenvalue weighted by atomic mass is 9.78. The third kappa shape index (κ3) is 9.27. The van der Waals surface area contributed by atoms with Crippen molar-refractivity contribution >= 4 is 23.2 Å². The molecule has 0 aliphatic carbocycles. The zero-order chi connectivity index (χ0) is 41.1. The van der Waals surface area contributed by atoms with Crippen molar-refractivity contribution < 1.29 is 60.7 Å². The van der Waals surface area contributed by atoms with Gasteiger partial charge in [-0.25, -0.2) is 0 Å². The maximum atomic E-state index is 14.9. The number of rotatable bonds is 13. The Balaban J connectivity index is 1.44. The number of halogens is 6. The minimum Gasteiger partial charge on any atom is -0.493 e. The first-order valence-corrected chi connectivity index (χ1v) is 19.4. The number of aromatic nitrogens is 1. The van der Waals surface area contributed by atoms with Gasteiger partial charge in [-0.15, -0.1) is 11.3 Å². The van der Waals surface area contributed by atoms with Gasteiger partial charge in [0.05, 0.1) is 29.4 Å². The third-order valence-electron chi connectivity index (χ3n) is 10.7. The molecule has 2 aliphatic rings. The Bertz CT molecular complexity index is 1830. The van der Waals surface area contributed by atoms with Gasteiger partial charge in [0.15, 0.2) is 6.29 Å². The van der Waals surface area contributed by atoms with Crippen LogP contribution in [0.5, 0.6) is 11.5 Å². The summed E-state index contributed by atoms with van der Waals surface area (Å²) in [4.78, 5) is 34.4. The molecule has 2 amide bonds. The van der Waals surface area contributed by atoms with Crippen LogP contribution in [0, 0.1) is 5.41 Å². The minimum absolute atomic E-state index is 0.0254. The molecule has 2 atom stereocenters. The number of alkyl halides is 6. The number of piperidine rings is 2. The fourth-order valence-electron chi connectivity index (χ4n) is 7.53. The molecule has 0 radical (unpaired) electrons. The van der Waals surface area contributed by atoms with Gasteiger partial charge in [0, 0.05) is 60.9 Å². The van der Waals surface area contributed by atoms with Gasteiger partial charge in [-0.05, 0) is 50.7 Å². The molecular weight excluding hydrogens is 768 g/mol. The first kappa shape index (κ1) is 43.2. The first-order valence-electron chi connectivity index (χ1n) is 18.5. The van der Waals surface area contributed by atoms with Crippen LogP contribution < -0.4 is 9.47 Å². The Morgan fingerprint density at radius 3 is 2.34 bits per heavy atom. The molecule has 3 N–H and O–H groups in total. The minimum atomic E-state index is -4.90. The molecular formula is C39H47F6N3O7S. The lowest BCUT2D eigenvalue weighted by molar-refractivity contribution is -0.163. The molecule has 0 saturated carbocycles. The predicted molar refractivity (Wildman–Crippen MR) is 194 cm³/mol. The van der Waals surface area contributed by atoms with Crippen LogP contribution in [0.4, 0.5) is 26.3 Å². The van der Waals surface area contributed by atoms with Crippen molar-refractivity contribution in [2.45, 2.75) is 108 Å². The van der Waals surface area contributed by atoms with Crippen LogP contribution in [0.3, 0.4) is 0 Å². The van der Waals surface area contributed by atoms with Crippen LogP contribution in [0.2, 0.25) is 0 Å². The number of pyridine rings is 1. The molecule has 3 aromatic rings. The second-order valence-corrected chi connectivity index (χ2v) is 16.0. The normalized spacial score (nSPS) is 20.6. The lowest BCUT2D eigenvalue weighted by Gasteiger charge is -2.51. The summed E-state index contributed by atoms with van der Waals surface area (Å²) in [6.45, 7) is 5.32. The molecule has 2 fully saturated rings. The number of hydrogen-bond acceptors (Lipinski definition) is 9. The van der Waals surface area contributed by atoms with Gasteiger partial charge < -0.3 is 34.6 Å². The van der Waals surface area contributed by atoms with Gasteiger partial charge in [-0.1, -0.05) is 45.4 Å². The van der Waals surface area contributed by atoms with Gasteiger partial charge in [0.2, 0.25) is 5.60 Å². The molecule has 4 heterocycles. The molecule has 10 nitrogen and oxygen atoms in total. The van der Waals surface area contributed by atoms with E-state index < -0.39 is 69.1 Å². The van der Waals surface area contributed by atoms with Crippen molar-refractivity contribution in [3.63, 3.8) is 0 Å². The van der Waals surface area contributed by atoms with E-state index in [0.717, 1.165) is 28.7 Å². The summed E-state index contributed by atoms with van der Waals surface area (Å²) in [6, 6.07) is 7.16. The largest absolute Gasteiger partial charge is 0.493 e. The Kier molecular flexibility index (Phi) is 13.0. The lowest BCUT2D eigenvalue weighted by Crippen LogP contribution is -2.68. The summed E-state index contributed by atoms with van der Waals surface area (Å²) < 4.78 is 95.7. The van der Waals surface area contributed by atoms with Gasteiger partial charge in [-0.3, -0.25) is 14.6 Å². The number of hydrogen-bond donors (Lipinski definition) is 3. The number of thiophene rings is 1. The molecule has 0 spiro atoms. The average Bonchev–Trinajstić information content (AvgIpc) is 3.63. The van der Waals surface area contributed by atoms with E-state index in [1.165, 1.54) is 4.90 Å². The SMILES string of the molecule is CCC[C@H]1N(C(=O)c2cnccc2C(F)(F)F)CCC[C@@]1(Oc1csc(C(F)(F)F)c1)C(=O)N1CCC(O)(c2ccccc2OCCCC(C)(C)C(O)O)CC1. The van der Waals surface area contributed by atoms with Crippen LogP contribution in [0.25, 0.3) is 0 Å². The van der Waals surface area contributed by atoms with Crippen LogP contribution in [0.1, 0.15) is 98.5 Å². The van der Waals surface area contributed by atoms with E-state index in [-0.39, 0.29) is 64.1 Å². The number of aliphatic hydroxyl groups is 3. The number of amides is 2. The summed E-state index contributed by atoms with van der Waals surface area (Å²) in [5.41, 5.74) is -5.65. The van der Waals surface area contributed by atoms with Gasteiger partial charge in [-0.2, -0.15) is 26.3 Å². The fraction of sp³-hybridized carbons (Fsp3) is 0.564. The zero-order valence-corrected chi connectivity index (χ0v) is 32.1. The number of nitrogens with zero attached hydrogens (tertiary/aromatic N) is 3. The Morgan fingerprint density at radius 1 is 1.02 bits per heavy atom. The first-order chi connectivity index (χ1) is 26.2. The topological polar surface area (TPSA) is 133 Å². The van der Waals surface area contributed by atoms with Crippen molar-refractivity contribution in [1.29, 1.82) is 0 Å². The maximum absolute atomic E-state index is 14.9. The van der Waals surface area contributed by atoms with Gasteiger partial charge >= 0.3 is 12.4 Å². The highest BCUT2D eigenvalue weighted by molar-refractivity contribution is 7.10. The van der Waals surface area contributed by atoms with Crippen LogP contribution in [-0.4, -0.2) is 86.1 Å². The second-order valence-electron chi connectivity index (χ2n) is 15.1. The molecule has 56 heavy (non-hydrogen) atoms.